The smallest absolute Gasteiger partial charge is 0.0885 e. The fraction of sp³-hybridized carbons (Fsp3) is 0.308. The van der Waals surface area contributed by atoms with Crippen molar-refractivity contribution in [1.82, 2.24) is 14.9 Å². The Morgan fingerprint density at radius 1 is 1.44 bits per heavy atom. The molecule has 2 aromatic rings. The fourth-order valence-electron chi connectivity index (χ4n) is 2.14. The second-order valence-electron chi connectivity index (χ2n) is 4.36. The molecule has 16 heavy (non-hydrogen) atoms. The van der Waals surface area contributed by atoms with E-state index in [0.29, 0.717) is 0 Å². The number of nitrogens with zero attached hydrogens (tertiary/aromatic N) is 2. The number of fused-ring (bicyclic) bond motifs is 1. The van der Waals surface area contributed by atoms with Crippen molar-refractivity contribution in [3.8, 4) is 0 Å². The van der Waals surface area contributed by atoms with Crippen molar-refractivity contribution in [2.45, 2.75) is 6.42 Å². The maximum Gasteiger partial charge on any atom is 0.0885 e. The lowest BCUT2D eigenvalue weighted by Crippen LogP contribution is -2.23. The van der Waals surface area contributed by atoms with Gasteiger partial charge in [-0.25, -0.2) is 0 Å². The third-order valence-corrected chi connectivity index (χ3v) is 3.15. The summed E-state index contributed by atoms with van der Waals surface area (Å²) in [5, 5.41) is 0. The van der Waals surface area contributed by atoms with E-state index in [-0.39, 0.29) is 0 Å². The Balaban J connectivity index is 2.00. The molecule has 2 aromatic heterocycles. The highest BCUT2D eigenvalue weighted by Gasteiger charge is 2.11. The molecule has 3 heteroatoms. The third-order valence-electron chi connectivity index (χ3n) is 3.15. The van der Waals surface area contributed by atoms with Crippen molar-refractivity contribution in [2.75, 3.05) is 20.1 Å². The maximum atomic E-state index is 4.34. The van der Waals surface area contributed by atoms with Crippen LogP contribution in [0.25, 0.3) is 16.6 Å². The van der Waals surface area contributed by atoms with E-state index in [2.05, 4.69) is 40.1 Å². The van der Waals surface area contributed by atoms with Gasteiger partial charge in [0.2, 0.25) is 0 Å². The van der Waals surface area contributed by atoms with Crippen LogP contribution < -0.4 is 0 Å². The second kappa shape index (κ2) is 3.76. The minimum absolute atomic E-state index is 1.04. The van der Waals surface area contributed by atoms with Crippen LogP contribution in [0.15, 0.2) is 30.5 Å². The highest BCUT2D eigenvalue weighted by molar-refractivity contribution is 5.81. The zero-order valence-electron chi connectivity index (χ0n) is 9.40. The van der Waals surface area contributed by atoms with Crippen molar-refractivity contribution in [1.29, 1.82) is 0 Å². The highest BCUT2D eigenvalue weighted by Crippen LogP contribution is 2.23. The molecule has 0 bridgehead atoms. The molecule has 0 atom stereocenters. The molecule has 82 valence electrons. The Bertz CT molecular complexity index is 506. The van der Waals surface area contributed by atoms with Crippen LogP contribution in [-0.2, 0) is 0 Å². The molecule has 0 spiro atoms. The van der Waals surface area contributed by atoms with Gasteiger partial charge in [0, 0.05) is 25.0 Å². The molecular weight excluding hydrogens is 198 g/mol. The summed E-state index contributed by atoms with van der Waals surface area (Å²) in [6.07, 6.45) is 5.25. The summed E-state index contributed by atoms with van der Waals surface area (Å²) in [7, 11) is 2.15. The molecule has 1 aliphatic rings. The first-order valence-electron chi connectivity index (χ1n) is 5.64. The molecule has 0 saturated carbocycles. The first-order valence-corrected chi connectivity index (χ1v) is 5.64. The van der Waals surface area contributed by atoms with Gasteiger partial charge in [-0.2, -0.15) is 0 Å². The molecule has 0 aliphatic carbocycles. The van der Waals surface area contributed by atoms with Crippen LogP contribution in [0.1, 0.15) is 12.1 Å². The van der Waals surface area contributed by atoms with Gasteiger partial charge in [-0.05, 0) is 37.2 Å². The summed E-state index contributed by atoms with van der Waals surface area (Å²) in [5.74, 6) is 0. The molecule has 0 fully saturated rings. The monoisotopic (exact) mass is 213 g/mol. The van der Waals surface area contributed by atoms with E-state index in [1.807, 2.05) is 12.3 Å². The molecule has 3 nitrogen and oxygen atoms in total. The average molecular weight is 213 g/mol. The van der Waals surface area contributed by atoms with Crippen molar-refractivity contribution >= 4 is 16.6 Å². The minimum Gasteiger partial charge on any atom is -0.353 e. The number of nitrogens with one attached hydrogen (secondary N) is 1. The summed E-state index contributed by atoms with van der Waals surface area (Å²) >= 11 is 0. The van der Waals surface area contributed by atoms with Gasteiger partial charge in [0.25, 0.3) is 0 Å². The molecule has 0 aromatic carbocycles. The Labute approximate surface area is 94.8 Å². The molecule has 0 unspecified atom stereocenters. The van der Waals surface area contributed by atoms with Gasteiger partial charge in [-0.3, -0.25) is 4.98 Å². The lowest BCUT2D eigenvalue weighted by Gasteiger charge is -2.21. The SMILES string of the molecule is CN1CC=C(c2cc3ncccc3[nH]2)CC1. The lowest BCUT2D eigenvalue weighted by atomic mass is 10.1. The normalized spacial score (nSPS) is 17.7. The number of rotatable bonds is 1. The first kappa shape index (κ1) is 9.60. The van der Waals surface area contributed by atoms with Gasteiger partial charge in [0.1, 0.15) is 0 Å². The summed E-state index contributed by atoms with van der Waals surface area (Å²) in [6, 6.07) is 6.18. The van der Waals surface area contributed by atoms with Gasteiger partial charge in [-0.15, -0.1) is 0 Å². The van der Waals surface area contributed by atoms with Gasteiger partial charge >= 0.3 is 0 Å². The predicted octanol–water partition coefficient (Wildman–Crippen LogP) is 2.28. The van der Waals surface area contributed by atoms with Crippen LogP contribution in [0, 0.1) is 0 Å². The van der Waals surface area contributed by atoms with E-state index < -0.39 is 0 Å². The molecule has 1 aliphatic heterocycles. The number of aromatic amines is 1. The summed E-state index contributed by atoms with van der Waals surface area (Å²) in [5.41, 5.74) is 4.81. The molecule has 0 radical (unpaired) electrons. The zero-order valence-corrected chi connectivity index (χ0v) is 9.40. The molecule has 3 heterocycles. The Morgan fingerprint density at radius 3 is 3.12 bits per heavy atom. The van der Waals surface area contributed by atoms with Gasteiger partial charge < -0.3 is 9.88 Å². The van der Waals surface area contributed by atoms with E-state index >= 15 is 0 Å². The topological polar surface area (TPSA) is 31.9 Å². The van der Waals surface area contributed by atoms with E-state index in [1.54, 1.807) is 0 Å². The molecule has 3 rings (SSSR count). The predicted molar refractivity (Wildman–Crippen MR) is 66.2 cm³/mol. The van der Waals surface area contributed by atoms with Crippen molar-refractivity contribution < 1.29 is 0 Å². The quantitative estimate of drug-likeness (QED) is 0.788. The second-order valence-corrected chi connectivity index (χ2v) is 4.36. The van der Waals surface area contributed by atoms with Crippen molar-refractivity contribution in [3.63, 3.8) is 0 Å². The number of likely N-dealkylation sites (N-methyl/N-ethyl adjacent to an activating group) is 1. The first-order chi connectivity index (χ1) is 7.83. The molecule has 0 amide bonds. The number of pyridine rings is 1. The van der Waals surface area contributed by atoms with E-state index in [9.17, 15) is 0 Å². The van der Waals surface area contributed by atoms with Crippen molar-refractivity contribution in [2.24, 2.45) is 0 Å². The summed E-state index contributed by atoms with van der Waals surface area (Å²) < 4.78 is 0. The number of aromatic nitrogens is 2. The van der Waals surface area contributed by atoms with Gasteiger partial charge in [-0.1, -0.05) is 6.08 Å². The lowest BCUT2D eigenvalue weighted by molar-refractivity contribution is 0.370. The van der Waals surface area contributed by atoms with Gasteiger partial charge in [0.05, 0.1) is 11.0 Å². The Morgan fingerprint density at radius 2 is 2.38 bits per heavy atom. The molecule has 1 N–H and O–H groups in total. The number of hydrogen-bond acceptors (Lipinski definition) is 2. The highest BCUT2D eigenvalue weighted by atomic mass is 15.1. The number of H-pyrrole nitrogens is 1. The van der Waals surface area contributed by atoms with Crippen LogP contribution in [0.4, 0.5) is 0 Å². The molecule has 0 saturated heterocycles. The van der Waals surface area contributed by atoms with E-state index in [4.69, 9.17) is 0 Å². The molecular formula is C13H15N3. The Hall–Kier alpha value is -1.61. The standard InChI is InChI=1S/C13H15N3/c1-16-7-4-10(5-8-16)12-9-13-11(15-12)3-2-6-14-13/h2-4,6,9,15H,5,7-8H2,1H3. The van der Waals surface area contributed by atoms with E-state index in [0.717, 1.165) is 30.5 Å². The summed E-state index contributed by atoms with van der Waals surface area (Å²) in [6.45, 7) is 2.17. The van der Waals surface area contributed by atoms with Crippen LogP contribution in [0.2, 0.25) is 0 Å². The average Bonchev–Trinajstić information content (AvgIpc) is 2.73. The Kier molecular flexibility index (Phi) is 2.26. The van der Waals surface area contributed by atoms with Crippen LogP contribution >= 0.6 is 0 Å². The number of hydrogen-bond donors (Lipinski definition) is 1. The van der Waals surface area contributed by atoms with Crippen molar-refractivity contribution in [3.05, 3.63) is 36.2 Å². The third kappa shape index (κ3) is 1.63. The fourth-order valence-corrected chi connectivity index (χ4v) is 2.14. The largest absolute Gasteiger partial charge is 0.353 e. The summed E-state index contributed by atoms with van der Waals surface area (Å²) in [4.78, 5) is 10.1. The van der Waals surface area contributed by atoms with Crippen LogP contribution in [0.3, 0.4) is 0 Å². The van der Waals surface area contributed by atoms with Gasteiger partial charge in [0.15, 0.2) is 0 Å². The maximum absolute atomic E-state index is 4.34. The van der Waals surface area contributed by atoms with E-state index in [1.165, 1.54) is 11.3 Å². The van der Waals surface area contributed by atoms with Crippen LogP contribution in [-0.4, -0.2) is 35.0 Å². The zero-order chi connectivity index (χ0) is 11.0. The minimum atomic E-state index is 1.04. The van der Waals surface area contributed by atoms with Crippen LogP contribution in [0.5, 0.6) is 0 Å².